The van der Waals surface area contributed by atoms with E-state index in [0.717, 1.165) is 18.7 Å². The number of hydrogen-bond acceptors (Lipinski definition) is 2. The average molecular weight is 291 g/mol. The van der Waals surface area contributed by atoms with Gasteiger partial charge in [0, 0.05) is 25.0 Å². The fourth-order valence-corrected chi connectivity index (χ4v) is 2.02. The maximum Gasteiger partial charge on any atom is 0.318 e. The molecule has 0 atom stereocenters. The Labute approximate surface area is 102 Å². The van der Waals surface area contributed by atoms with E-state index in [2.05, 4.69) is 26.1 Å². The highest BCUT2D eigenvalue weighted by Gasteiger charge is 2.23. The molecule has 0 saturated heterocycles. The molecule has 1 heterocycles. The van der Waals surface area contributed by atoms with Crippen LogP contribution < -0.4 is 10.2 Å². The molecular formula is C11H13BrF2N2. The molecule has 1 aromatic carbocycles. The third-order valence-electron chi connectivity index (χ3n) is 2.70. The molecule has 1 aliphatic rings. The van der Waals surface area contributed by atoms with E-state index in [4.69, 9.17) is 0 Å². The topological polar surface area (TPSA) is 15.3 Å². The molecule has 1 aliphatic heterocycles. The third-order valence-corrected chi connectivity index (χ3v) is 2.98. The molecule has 0 radical (unpaired) electrons. The van der Waals surface area contributed by atoms with Crippen LogP contribution in [-0.4, -0.2) is 25.0 Å². The molecule has 0 aliphatic carbocycles. The smallest absolute Gasteiger partial charge is 0.318 e. The van der Waals surface area contributed by atoms with Gasteiger partial charge in [-0.2, -0.15) is 8.78 Å². The Bertz CT molecular complexity index is 390. The van der Waals surface area contributed by atoms with Crippen LogP contribution in [-0.2, 0) is 6.42 Å². The second-order valence-electron chi connectivity index (χ2n) is 3.98. The van der Waals surface area contributed by atoms with Gasteiger partial charge in [0.05, 0.1) is 6.54 Å². The summed E-state index contributed by atoms with van der Waals surface area (Å²) in [7, 11) is 2.03. The summed E-state index contributed by atoms with van der Waals surface area (Å²) in [6.07, 6.45) is 0.978. The zero-order chi connectivity index (χ0) is 11.8. The Hall–Kier alpha value is -0.840. The first-order valence-electron chi connectivity index (χ1n) is 5.10. The molecule has 0 unspecified atom stereocenters. The quantitative estimate of drug-likeness (QED) is 0.861. The molecule has 16 heavy (non-hydrogen) atoms. The van der Waals surface area contributed by atoms with Crippen LogP contribution in [0.15, 0.2) is 18.2 Å². The summed E-state index contributed by atoms with van der Waals surface area (Å²) in [5, 5.41) is 2.71. The van der Waals surface area contributed by atoms with E-state index in [9.17, 15) is 8.78 Å². The lowest BCUT2D eigenvalue weighted by molar-refractivity contribution is 0.130. The van der Waals surface area contributed by atoms with Crippen molar-refractivity contribution in [1.82, 2.24) is 0 Å². The van der Waals surface area contributed by atoms with Crippen molar-refractivity contribution in [3.8, 4) is 0 Å². The Morgan fingerprint density at radius 2 is 2.25 bits per heavy atom. The first kappa shape index (κ1) is 11.6. The number of nitrogens with one attached hydrogen (secondary N) is 1. The maximum absolute atomic E-state index is 12.6. The van der Waals surface area contributed by atoms with Crippen LogP contribution in [0.4, 0.5) is 20.2 Å². The summed E-state index contributed by atoms with van der Waals surface area (Å²) < 4.78 is 25.2. The fraction of sp³-hybridized carbons (Fsp3) is 0.455. The summed E-state index contributed by atoms with van der Waals surface area (Å²) in [5.74, 6) is 0. The Kier molecular flexibility index (Phi) is 3.06. The summed E-state index contributed by atoms with van der Waals surface area (Å²) in [4.78, 5) is -0.693. The van der Waals surface area contributed by atoms with Gasteiger partial charge < -0.3 is 10.2 Å². The number of likely N-dealkylation sites (N-methyl/N-ethyl adjacent to an activating group) is 1. The number of alkyl halides is 3. The van der Waals surface area contributed by atoms with Gasteiger partial charge in [-0.1, -0.05) is 0 Å². The van der Waals surface area contributed by atoms with Crippen molar-refractivity contribution in [1.29, 1.82) is 0 Å². The summed E-state index contributed by atoms with van der Waals surface area (Å²) >= 11 is 2.30. The Balaban J connectivity index is 2.08. The highest BCUT2D eigenvalue weighted by atomic mass is 79.9. The first-order chi connectivity index (χ1) is 7.46. The number of nitrogens with zero attached hydrogens (tertiary/aromatic N) is 1. The molecule has 1 aromatic rings. The monoisotopic (exact) mass is 290 g/mol. The number of rotatable bonds is 3. The predicted octanol–water partition coefficient (Wildman–Crippen LogP) is 3.08. The van der Waals surface area contributed by atoms with E-state index in [1.54, 1.807) is 0 Å². The van der Waals surface area contributed by atoms with E-state index in [-0.39, 0.29) is 0 Å². The molecule has 2 rings (SSSR count). The highest BCUT2D eigenvalue weighted by Crippen LogP contribution is 2.30. The van der Waals surface area contributed by atoms with Gasteiger partial charge in [0.25, 0.3) is 0 Å². The molecule has 0 fully saturated rings. The second kappa shape index (κ2) is 4.20. The molecule has 88 valence electrons. The van der Waals surface area contributed by atoms with E-state index in [1.807, 2.05) is 25.2 Å². The van der Waals surface area contributed by atoms with Crippen molar-refractivity contribution in [3.05, 3.63) is 23.8 Å². The molecular weight excluding hydrogens is 278 g/mol. The summed E-state index contributed by atoms with van der Waals surface area (Å²) in [5.41, 5.74) is 3.15. The number of halogens is 3. The van der Waals surface area contributed by atoms with E-state index < -0.39 is 11.4 Å². The van der Waals surface area contributed by atoms with Crippen molar-refractivity contribution < 1.29 is 8.78 Å². The van der Waals surface area contributed by atoms with Crippen LogP contribution in [0, 0.1) is 0 Å². The molecule has 2 nitrogen and oxygen atoms in total. The lowest BCUT2D eigenvalue weighted by Crippen LogP contribution is -2.19. The van der Waals surface area contributed by atoms with Crippen molar-refractivity contribution in [3.63, 3.8) is 0 Å². The zero-order valence-corrected chi connectivity index (χ0v) is 10.5. The van der Waals surface area contributed by atoms with Gasteiger partial charge in [-0.3, -0.25) is 0 Å². The lowest BCUT2D eigenvalue weighted by atomic mass is 10.1. The number of anilines is 2. The number of fused-ring (bicyclic) bond motifs is 1. The van der Waals surface area contributed by atoms with Crippen LogP contribution >= 0.6 is 15.9 Å². The van der Waals surface area contributed by atoms with Crippen LogP contribution in [0.25, 0.3) is 0 Å². The standard InChI is InChI=1S/C11H13BrF2N2/c1-16-5-4-8-6-9(2-3-10(8)16)15-7-11(12,13)14/h2-3,6,15H,4-5,7H2,1H3. The summed E-state index contributed by atoms with van der Waals surface area (Å²) in [6, 6.07) is 5.74. The van der Waals surface area contributed by atoms with E-state index >= 15 is 0 Å². The predicted molar refractivity (Wildman–Crippen MR) is 65.8 cm³/mol. The minimum absolute atomic E-state index is 0.401. The maximum atomic E-state index is 12.6. The van der Waals surface area contributed by atoms with E-state index in [1.165, 1.54) is 11.3 Å². The largest absolute Gasteiger partial charge is 0.378 e. The van der Waals surface area contributed by atoms with E-state index in [0.29, 0.717) is 0 Å². The Morgan fingerprint density at radius 3 is 2.94 bits per heavy atom. The van der Waals surface area contributed by atoms with Crippen molar-refractivity contribution in [2.24, 2.45) is 0 Å². The molecule has 1 N–H and O–H groups in total. The average Bonchev–Trinajstić information content (AvgIpc) is 2.56. The third kappa shape index (κ3) is 2.64. The van der Waals surface area contributed by atoms with Crippen molar-refractivity contribution in [2.75, 3.05) is 30.4 Å². The van der Waals surface area contributed by atoms with Gasteiger partial charge in [-0.15, -0.1) is 0 Å². The van der Waals surface area contributed by atoms with Gasteiger partial charge in [0.15, 0.2) is 0 Å². The highest BCUT2D eigenvalue weighted by molar-refractivity contribution is 9.10. The van der Waals surface area contributed by atoms with Gasteiger partial charge >= 0.3 is 4.83 Å². The van der Waals surface area contributed by atoms with Gasteiger partial charge in [-0.25, -0.2) is 0 Å². The van der Waals surface area contributed by atoms with Crippen molar-refractivity contribution >= 4 is 27.3 Å². The van der Waals surface area contributed by atoms with Crippen LogP contribution in [0.2, 0.25) is 0 Å². The molecule has 0 spiro atoms. The Morgan fingerprint density at radius 1 is 1.50 bits per heavy atom. The van der Waals surface area contributed by atoms with Crippen LogP contribution in [0.1, 0.15) is 5.56 Å². The zero-order valence-electron chi connectivity index (χ0n) is 8.93. The van der Waals surface area contributed by atoms with Gasteiger partial charge in [-0.05, 0) is 46.1 Å². The fourth-order valence-electron chi connectivity index (χ4n) is 1.88. The molecule has 5 heteroatoms. The number of benzene rings is 1. The van der Waals surface area contributed by atoms with Crippen LogP contribution in [0.3, 0.4) is 0 Å². The van der Waals surface area contributed by atoms with Gasteiger partial charge in [0.2, 0.25) is 0 Å². The second-order valence-corrected chi connectivity index (χ2v) is 5.14. The molecule has 0 amide bonds. The SMILES string of the molecule is CN1CCc2cc(NCC(F)(F)Br)ccc21. The molecule has 0 bridgehead atoms. The summed E-state index contributed by atoms with van der Waals surface area (Å²) in [6.45, 7) is 0.592. The van der Waals surface area contributed by atoms with Crippen molar-refractivity contribution in [2.45, 2.75) is 11.3 Å². The lowest BCUT2D eigenvalue weighted by Gasteiger charge is -2.14. The molecule has 0 saturated carbocycles. The van der Waals surface area contributed by atoms with Gasteiger partial charge in [0.1, 0.15) is 0 Å². The molecule has 0 aromatic heterocycles. The van der Waals surface area contributed by atoms with Crippen LogP contribution in [0.5, 0.6) is 0 Å². The minimum Gasteiger partial charge on any atom is -0.378 e. The number of hydrogen-bond donors (Lipinski definition) is 1. The minimum atomic E-state index is -2.86. The first-order valence-corrected chi connectivity index (χ1v) is 5.90. The normalized spacial score (nSPS) is 15.1.